The zero-order chi connectivity index (χ0) is 19.3. The maximum absolute atomic E-state index is 5.85. The lowest BCUT2D eigenvalue weighted by Crippen LogP contribution is -3.08. The molecule has 0 bridgehead atoms. The SMILES string of the molecule is Cc1ccccc1Nc1nc(N)nc(CSc2nnc(C[NH+]3CCCC3)o2)n1. The van der Waals surface area contributed by atoms with Crippen molar-refractivity contribution in [2.45, 2.75) is 37.3 Å². The summed E-state index contributed by atoms with van der Waals surface area (Å²) in [5, 5.41) is 12.0. The van der Waals surface area contributed by atoms with Crippen molar-refractivity contribution in [2.75, 3.05) is 24.1 Å². The number of thioether (sulfide) groups is 1. The van der Waals surface area contributed by atoms with Crippen molar-refractivity contribution in [2.24, 2.45) is 0 Å². The Labute approximate surface area is 167 Å². The van der Waals surface area contributed by atoms with E-state index in [1.165, 1.54) is 42.6 Å². The maximum atomic E-state index is 5.85. The molecule has 4 N–H and O–H groups in total. The van der Waals surface area contributed by atoms with Crippen molar-refractivity contribution >= 4 is 29.3 Å². The number of para-hydroxylation sites is 1. The number of nitrogen functional groups attached to an aromatic ring is 1. The minimum Gasteiger partial charge on any atom is -0.410 e. The highest BCUT2D eigenvalue weighted by Gasteiger charge is 2.19. The van der Waals surface area contributed by atoms with Crippen LogP contribution in [0.25, 0.3) is 0 Å². The summed E-state index contributed by atoms with van der Waals surface area (Å²) >= 11 is 1.39. The molecule has 1 aliphatic heterocycles. The molecule has 9 nitrogen and oxygen atoms in total. The van der Waals surface area contributed by atoms with Crippen LogP contribution in [0, 0.1) is 6.92 Å². The van der Waals surface area contributed by atoms with E-state index in [0.29, 0.717) is 28.6 Å². The summed E-state index contributed by atoms with van der Waals surface area (Å²) in [4.78, 5) is 14.3. The number of hydrogen-bond acceptors (Lipinski definition) is 9. The van der Waals surface area contributed by atoms with Gasteiger partial charge < -0.3 is 20.4 Å². The Balaban J connectivity index is 1.39. The zero-order valence-electron chi connectivity index (χ0n) is 15.7. The monoisotopic (exact) mass is 399 g/mol. The number of aryl methyl sites for hydroxylation is 1. The highest BCUT2D eigenvalue weighted by molar-refractivity contribution is 7.98. The number of hydrogen-bond donors (Lipinski definition) is 3. The van der Waals surface area contributed by atoms with Crippen LogP contribution in [-0.2, 0) is 12.3 Å². The van der Waals surface area contributed by atoms with Crippen molar-refractivity contribution in [3.63, 3.8) is 0 Å². The number of nitrogens with zero attached hydrogens (tertiary/aromatic N) is 5. The molecule has 146 valence electrons. The lowest BCUT2D eigenvalue weighted by atomic mass is 10.2. The van der Waals surface area contributed by atoms with Gasteiger partial charge in [0.05, 0.1) is 18.8 Å². The number of aromatic nitrogens is 5. The Bertz CT molecular complexity index is 941. The van der Waals surface area contributed by atoms with E-state index in [1.807, 2.05) is 31.2 Å². The van der Waals surface area contributed by atoms with Crippen LogP contribution in [0.4, 0.5) is 17.6 Å². The molecule has 3 aromatic rings. The summed E-state index contributed by atoms with van der Waals surface area (Å²) in [5.74, 6) is 2.29. The summed E-state index contributed by atoms with van der Waals surface area (Å²) < 4.78 is 5.74. The first-order valence-corrected chi connectivity index (χ1v) is 10.3. The van der Waals surface area contributed by atoms with Gasteiger partial charge in [0.15, 0.2) is 6.54 Å². The van der Waals surface area contributed by atoms with Gasteiger partial charge in [0, 0.05) is 18.5 Å². The van der Waals surface area contributed by atoms with Gasteiger partial charge in [0.1, 0.15) is 5.82 Å². The molecule has 2 aromatic heterocycles. The standard InChI is InChI=1S/C18H22N8OS/c1-12-6-2-3-7-13(12)20-17-22-14(21-16(19)23-17)11-28-18-25-24-15(27-18)10-26-8-4-5-9-26/h2-3,6-7H,4-5,8-11H2,1H3,(H3,19,20,21,22,23)/p+1. The summed E-state index contributed by atoms with van der Waals surface area (Å²) in [6, 6.07) is 7.91. The topological polar surface area (TPSA) is 120 Å². The summed E-state index contributed by atoms with van der Waals surface area (Å²) in [6.45, 7) is 5.15. The molecule has 0 amide bonds. The van der Waals surface area contributed by atoms with Crippen LogP contribution in [0.15, 0.2) is 33.9 Å². The van der Waals surface area contributed by atoms with Crippen LogP contribution < -0.4 is 16.0 Å². The largest absolute Gasteiger partial charge is 0.410 e. The lowest BCUT2D eigenvalue weighted by molar-refractivity contribution is -0.902. The van der Waals surface area contributed by atoms with Crippen LogP contribution in [0.5, 0.6) is 0 Å². The lowest BCUT2D eigenvalue weighted by Gasteiger charge is -2.09. The first-order chi connectivity index (χ1) is 13.7. The smallest absolute Gasteiger partial charge is 0.277 e. The second-order valence-electron chi connectivity index (χ2n) is 6.76. The second-order valence-corrected chi connectivity index (χ2v) is 7.68. The molecule has 0 radical (unpaired) electrons. The van der Waals surface area contributed by atoms with E-state index in [1.54, 1.807) is 0 Å². The van der Waals surface area contributed by atoms with Gasteiger partial charge in [-0.15, -0.1) is 10.2 Å². The van der Waals surface area contributed by atoms with Gasteiger partial charge in [0.2, 0.25) is 11.9 Å². The number of quaternary nitrogens is 1. The summed E-state index contributed by atoms with van der Waals surface area (Å²) in [6.07, 6.45) is 2.54. The predicted molar refractivity (Wildman–Crippen MR) is 106 cm³/mol. The molecule has 0 spiro atoms. The van der Waals surface area contributed by atoms with Crippen LogP contribution in [0.3, 0.4) is 0 Å². The minimum absolute atomic E-state index is 0.172. The molecule has 1 saturated heterocycles. The highest BCUT2D eigenvalue weighted by Crippen LogP contribution is 2.22. The third-order valence-corrected chi connectivity index (χ3v) is 5.39. The van der Waals surface area contributed by atoms with Gasteiger partial charge in [-0.05, 0) is 18.6 Å². The normalized spacial score (nSPS) is 14.5. The van der Waals surface area contributed by atoms with Crippen LogP contribution in [0.2, 0.25) is 0 Å². The Morgan fingerprint density at radius 1 is 1.14 bits per heavy atom. The highest BCUT2D eigenvalue weighted by atomic mass is 32.2. The Morgan fingerprint density at radius 2 is 1.96 bits per heavy atom. The molecule has 0 saturated carbocycles. The fourth-order valence-electron chi connectivity index (χ4n) is 3.15. The van der Waals surface area contributed by atoms with Crippen molar-refractivity contribution in [3.05, 3.63) is 41.5 Å². The molecule has 1 aliphatic rings. The van der Waals surface area contributed by atoms with E-state index < -0.39 is 0 Å². The molecule has 1 fully saturated rings. The number of benzene rings is 1. The predicted octanol–water partition coefficient (Wildman–Crippen LogP) is 1.36. The van der Waals surface area contributed by atoms with E-state index in [0.717, 1.165) is 17.8 Å². The Kier molecular flexibility index (Phi) is 5.68. The molecule has 28 heavy (non-hydrogen) atoms. The molecule has 3 heterocycles. The second kappa shape index (κ2) is 8.53. The van der Waals surface area contributed by atoms with Crippen molar-refractivity contribution in [1.29, 1.82) is 0 Å². The summed E-state index contributed by atoms with van der Waals surface area (Å²) in [5.41, 5.74) is 7.87. The Morgan fingerprint density at radius 3 is 2.79 bits per heavy atom. The van der Waals surface area contributed by atoms with Crippen molar-refractivity contribution in [3.8, 4) is 0 Å². The van der Waals surface area contributed by atoms with E-state index >= 15 is 0 Å². The number of rotatable bonds is 7. The van der Waals surface area contributed by atoms with E-state index in [4.69, 9.17) is 10.2 Å². The first kappa shape index (κ1) is 18.6. The minimum atomic E-state index is 0.172. The fraction of sp³-hybridized carbons (Fsp3) is 0.389. The average molecular weight is 400 g/mol. The first-order valence-electron chi connectivity index (χ1n) is 9.27. The van der Waals surface area contributed by atoms with Gasteiger partial charge in [-0.2, -0.15) is 15.0 Å². The van der Waals surface area contributed by atoms with Crippen LogP contribution in [-0.4, -0.2) is 38.2 Å². The van der Waals surface area contributed by atoms with E-state index in [-0.39, 0.29) is 5.95 Å². The zero-order valence-corrected chi connectivity index (χ0v) is 16.5. The molecular weight excluding hydrogens is 376 g/mol. The molecular formula is C18H23N8OS+. The molecule has 10 heteroatoms. The quantitative estimate of drug-likeness (QED) is 0.506. The maximum Gasteiger partial charge on any atom is 0.277 e. The van der Waals surface area contributed by atoms with Crippen LogP contribution in [0.1, 0.15) is 30.1 Å². The molecule has 0 atom stereocenters. The Hall–Kier alpha value is -2.72. The number of nitrogens with two attached hydrogens (primary N) is 1. The van der Waals surface area contributed by atoms with Gasteiger partial charge in [0.25, 0.3) is 11.1 Å². The number of likely N-dealkylation sites (tertiary alicyclic amines) is 1. The van der Waals surface area contributed by atoms with Gasteiger partial charge in [-0.25, -0.2) is 0 Å². The third kappa shape index (κ3) is 4.76. The number of anilines is 3. The molecule has 0 unspecified atom stereocenters. The fourth-order valence-corrected chi connectivity index (χ4v) is 3.79. The van der Waals surface area contributed by atoms with Crippen molar-refractivity contribution < 1.29 is 9.32 Å². The average Bonchev–Trinajstić information content (AvgIpc) is 3.34. The number of nitrogens with one attached hydrogen (secondary N) is 2. The molecule has 1 aromatic carbocycles. The van der Waals surface area contributed by atoms with E-state index in [9.17, 15) is 0 Å². The van der Waals surface area contributed by atoms with E-state index in [2.05, 4.69) is 30.5 Å². The third-order valence-electron chi connectivity index (χ3n) is 4.58. The van der Waals surface area contributed by atoms with Gasteiger partial charge >= 0.3 is 0 Å². The van der Waals surface area contributed by atoms with Crippen molar-refractivity contribution in [1.82, 2.24) is 25.1 Å². The molecule has 0 aliphatic carbocycles. The van der Waals surface area contributed by atoms with Gasteiger partial charge in [-0.1, -0.05) is 30.0 Å². The van der Waals surface area contributed by atoms with Crippen LogP contribution >= 0.6 is 11.8 Å². The molecule has 4 rings (SSSR count). The van der Waals surface area contributed by atoms with Gasteiger partial charge in [-0.3, -0.25) is 0 Å². The summed E-state index contributed by atoms with van der Waals surface area (Å²) in [7, 11) is 0.